The van der Waals surface area contributed by atoms with Gasteiger partial charge >= 0.3 is 5.97 Å². The first-order valence-electron chi connectivity index (χ1n) is 14.1. The van der Waals surface area contributed by atoms with E-state index in [0.717, 1.165) is 31.7 Å². The summed E-state index contributed by atoms with van der Waals surface area (Å²) in [5.41, 5.74) is 8.26. The van der Waals surface area contributed by atoms with Crippen LogP contribution < -0.4 is 4.90 Å². The lowest BCUT2D eigenvalue weighted by Crippen LogP contribution is -2.38. The Morgan fingerprint density at radius 1 is 0.889 bits per heavy atom. The van der Waals surface area contributed by atoms with E-state index in [1.54, 1.807) is 6.07 Å². The number of benzene rings is 2. The summed E-state index contributed by atoms with van der Waals surface area (Å²) in [7, 11) is 0. The molecule has 2 fully saturated rings. The zero-order valence-corrected chi connectivity index (χ0v) is 21.6. The Morgan fingerprint density at radius 2 is 1.67 bits per heavy atom. The van der Waals surface area contributed by atoms with Crippen molar-refractivity contribution in [2.75, 3.05) is 37.6 Å². The van der Waals surface area contributed by atoms with Gasteiger partial charge in [-0.05, 0) is 80.9 Å². The van der Waals surface area contributed by atoms with Crippen LogP contribution in [-0.4, -0.2) is 53.3 Å². The zero-order chi connectivity index (χ0) is 24.6. The first-order valence-corrected chi connectivity index (χ1v) is 14.1. The van der Waals surface area contributed by atoms with E-state index in [1.807, 2.05) is 6.07 Å². The van der Waals surface area contributed by atoms with Gasteiger partial charge in [0.05, 0.1) is 11.3 Å². The number of aromatic carboxylic acids is 1. The van der Waals surface area contributed by atoms with Gasteiger partial charge in [-0.1, -0.05) is 43.9 Å². The predicted molar refractivity (Wildman–Crippen MR) is 147 cm³/mol. The molecule has 1 saturated carbocycles. The van der Waals surface area contributed by atoms with Gasteiger partial charge in [-0.15, -0.1) is 0 Å². The fraction of sp³-hybridized carbons (Fsp3) is 0.516. The number of aryl methyl sites for hydroxylation is 1. The molecule has 1 saturated heterocycles. The number of fused-ring (bicyclic) bond motifs is 5. The SMILES string of the molecule is Cc1ccc2c(c1)N(CCN1CCCCC1)CCn1c-2c(C2CCCCC2)c2ccc(C(=O)O)cc21. The van der Waals surface area contributed by atoms with Crippen molar-refractivity contribution in [1.29, 1.82) is 0 Å². The highest BCUT2D eigenvalue weighted by Gasteiger charge is 2.30. The maximum atomic E-state index is 11.9. The third-order valence-electron chi connectivity index (χ3n) is 8.84. The first kappa shape index (κ1) is 23.6. The number of piperidine rings is 1. The smallest absolute Gasteiger partial charge is 0.335 e. The molecule has 2 aromatic carbocycles. The Hall–Kier alpha value is -2.79. The van der Waals surface area contributed by atoms with Crippen molar-refractivity contribution in [2.24, 2.45) is 0 Å². The van der Waals surface area contributed by atoms with Crippen LogP contribution in [0.3, 0.4) is 0 Å². The van der Waals surface area contributed by atoms with Gasteiger partial charge in [-0.2, -0.15) is 0 Å². The standard InChI is InChI=1S/C31H39N3O2/c1-22-10-12-26-27(20-22)33(17-16-32-14-6-3-7-15-32)18-19-34-28-21-24(31(35)36)11-13-25(28)29(30(26)34)23-8-4-2-5-9-23/h10-13,20-21,23H,2-9,14-19H2,1H3,(H,35,36). The van der Waals surface area contributed by atoms with E-state index in [2.05, 4.69) is 45.6 Å². The molecule has 0 amide bonds. The van der Waals surface area contributed by atoms with Crippen molar-refractivity contribution in [3.8, 4) is 11.3 Å². The minimum absolute atomic E-state index is 0.383. The molecule has 1 aliphatic carbocycles. The first-order chi connectivity index (χ1) is 17.6. The summed E-state index contributed by atoms with van der Waals surface area (Å²) >= 11 is 0. The van der Waals surface area contributed by atoms with Crippen LogP contribution in [0.15, 0.2) is 36.4 Å². The van der Waals surface area contributed by atoms with Crippen LogP contribution in [0.25, 0.3) is 22.2 Å². The number of nitrogens with zero attached hydrogens (tertiary/aromatic N) is 3. The lowest BCUT2D eigenvalue weighted by molar-refractivity contribution is 0.0697. The molecule has 6 rings (SSSR count). The molecule has 5 heteroatoms. The Morgan fingerprint density at radius 3 is 2.44 bits per heavy atom. The van der Waals surface area contributed by atoms with Crippen molar-refractivity contribution in [1.82, 2.24) is 9.47 Å². The summed E-state index contributed by atoms with van der Waals surface area (Å²) in [6, 6.07) is 12.8. The average molecular weight is 486 g/mol. The van der Waals surface area contributed by atoms with Crippen molar-refractivity contribution in [2.45, 2.75) is 70.8 Å². The number of carbonyl (C=O) groups is 1. The highest BCUT2D eigenvalue weighted by Crippen LogP contribution is 2.47. The second-order valence-electron chi connectivity index (χ2n) is 11.2. The maximum absolute atomic E-state index is 11.9. The van der Waals surface area contributed by atoms with Crippen LogP contribution in [0, 0.1) is 6.92 Å². The summed E-state index contributed by atoms with van der Waals surface area (Å²) in [6.45, 7) is 8.63. The Balaban J connectivity index is 1.48. The third-order valence-corrected chi connectivity index (χ3v) is 8.84. The molecule has 0 unspecified atom stereocenters. The van der Waals surface area contributed by atoms with Crippen LogP contribution in [-0.2, 0) is 6.54 Å². The molecule has 3 aromatic rings. The van der Waals surface area contributed by atoms with Gasteiger partial charge in [0.25, 0.3) is 0 Å². The zero-order valence-electron chi connectivity index (χ0n) is 21.6. The Bertz CT molecular complexity index is 1260. The normalized spacial score (nSPS) is 19.2. The van der Waals surface area contributed by atoms with E-state index >= 15 is 0 Å². The quantitative estimate of drug-likeness (QED) is 0.439. The number of rotatable bonds is 5. The summed E-state index contributed by atoms with van der Waals surface area (Å²) in [6.07, 6.45) is 10.4. The van der Waals surface area contributed by atoms with E-state index in [1.165, 1.54) is 97.9 Å². The maximum Gasteiger partial charge on any atom is 0.335 e. The number of aromatic nitrogens is 1. The molecule has 3 heterocycles. The van der Waals surface area contributed by atoms with E-state index < -0.39 is 5.97 Å². The molecular weight excluding hydrogens is 446 g/mol. The number of likely N-dealkylation sites (tertiary alicyclic amines) is 1. The molecule has 0 radical (unpaired) electrons. The second kappa shape index (κ2) is 9.93. The van der Waals surface area contributed by atoms with Gasteiger partial charge in [0.1, 0.15) is 0 Å². The number of hydrogen-bond acceptors (Lipinski definition) is 3. The number of hydrogen-bond donors (Lipinski definition) is 1. The van der Waals surface area contributed by atoms with Crippen LogP contribution in [0.5, 0.6) is 0 Å². The largest absolute Gasteiger partial charge is 0.478 e. The third kappa shape index (κ3) is 4.32. The van der Waals surface area contributed by atoms with Gasteiger partial charge in [-0.25, -0.2) is 4.79 Å². The lowest BCUT2D eigenvalue weighted by atomic mass is 9.81. The van der Waals surface area contributed by atoms with E-state index in [0.29, 0.717) is 11.5 Å². The Labute approximate surface area is 214 Å². The van der Waals surface area contributed by atoms with Crippen molar-refractivity contribution in [3.05, 3.63) is 53.1 Å². The average Bonchev–Trinajstić information content (AvgIpc) is 3.14. The molecule has 5 nitrogen and oxygen atoms in total. The Kier molecular flexibility index (Phi) is 6.51. The van der Waals surface area contributed by atoms with Crippen molar-refractivity contribution >= 4 is 22.6 Å². The van der Waals surface area contributed by atoms with Gasteiger partial charge in [-0.3, -0.25) is 0 Å². The number of anilines is 1. The van der Waals surface area contributed by atoms with Crippen LogP contribution in [0.2, 0.25) is 0 Å². The fourth-order valence-corrected chi connectivity index (χ4v) is 6.96. The van der Waals surface area contributed by atoms with Crippen LogP contribution in [0.1, 0.15) is 78.8 Å². The second-order valence-corrected chi connectivity index (χ2v) is 11.2. The van der Waals surface area contributed by atoms with E-state index in [4.69, 9.17) is 0 Å². The minimum atomic E-state index is -0.848. The van der Waals surface area contributed by atoms with Crippen molar-refractivity contribution < 1.29 is 9.90 Å². The highest BCUT2D eigenvalue weighted by molar-refractivity contribution is 5.99. The molecule has 0 bridgehead atoms. The fourth-order valence-electron chi connectivity index (χ4n) is 6.96. The van der Waals surface area contributed by atoms with E-state index in [-0.39, 0.29) is 0 Å². The van der Waals surface area contributed by atoms with Crippen LogP contribution >= 0.6 is 0 Å². The molecule has 2 aliphatic heterocycles. The van der Waals surface area contributed by atoms with Gasteiger partial charge < -0.3 is 19.5 Å². The number of carboxylic acid groups (broad SMARTS) is 1. The lowest BCUT2D eigenvalue weighted by Gasteiger charge is -2.31. The predicted octanol–water partition coefficient (Wildman–Crippen LogP) is 6.67. The monoisotopic (exact) mass is 485 g/mol. The minimum Gasteiger partial charge on any atom is -0.478 e. The molecule has 190 valence electrons. The molecular formula is C31H39N3O2. The van der Waals surface area contributed by atoms with Gasteiger partial charge in [0.15, 0.2) is 0 Å². The van der Waals surface area contributed by atoms with Crippen molar-refractivity contribution in [3.63, 3.8) is 0 Å². The highest BCUT2D eigenvalue weighted by atomic mass is 16.4. The molecule has 36 heavy (non-hydrogen) atoms. The van der Waals surface area contributed by atoms with Gasteiger partial charge in [0.2, 0.25) is 0 Å². The summed E-state index contributed by atoms with van der Waals surface area (Å²) in [5.74, 6) is -0.304. The molecule has 0 spiro atoms. The topological polar surface area (TPSA) is 48.7 Å². The molecule has 0 atom stereocenters. The molecule has 1 N–H and O–H groups in total. The summed E-state index contributed by atoms with van der Waals surface area (Å²) in [5, 5.41) is 11.0. The molecule has 1 aromatic heterocycles. The molecule has 3 aliphatic rings. The van der Waals surface area contributed by atoms with E-state index in [9.17, 15) is 9.90 Å². The number of carboxylic acids is 1. The summed E-state index contributed by atoms with van der Waals surface area (Å²) < 4.78 is 2.46. The van der Waals surface area contributed by atoms with Crippen LogP contribution in [0.4, 0.5) is 5.69 Å². The summed E-state index contributed by atoms with van der Waals surface area (Å²) in [4.78, 5) is 17.1. The van der Waals surface area contributed by atoms with Gasteiger partial charge in [0, 0.05) is 48.3 Å².